The first-order valence-corrected chi connectivity index (χ1v) is 9.98. The molecule has 0 saturated heterocycles. The van der Waals surface area contributed by atoms with Crippen molar-refractivity contribution in [3.05, 3.63) is 35.4 Å². The third-order valence-electron chi connectivity index (χ3n) is 5.06. The van der Waals surface area contributed by atoms with Gasteiger partial charge in [-0.15, -0.1) is 0 Å². The Morgan fingerprint density at radius 1 is 1.25 bits per heavy atom. The van der Waals surface area contributed by atoms with Gasteiger partial charge in [0.05, 0.1) is 12.1 Å². The van der Waals surface area contributed by atoms with E-state index in [1.807, 2.05) is 39.0 Å². The molecule has 2 aliphatic rings. The van der Waals surface area contributed by atoms with Gasteiger partial charge in [0.25, 0.3) is 0 Å². The fourth-order valence-corrected chi connectivity index (χ4v) is 3.74. The number of hydrogen-bond acceptors (Lipinski definition) is 4. The van der Waals surface area contributed by atoms with Gasteiger partial charge in [0.15, 0.2) is 0 Å². The lowest BCUT2D eigenvalue weighted by molar-refractivity contribution is -0.118. The van der Waals surface area contributed by atoms with Crippen molar-refractivity contribution in [2.75, 3.05) is 13.2 Å². The molecule has 1 aromatic carbocycles. The zero-order chi connectivity index (χ0) is 20.2. The van der Waals surface area contributed by atoms with Gasteiger partial charge in [-0.1, -0.05) is 18.9 Å². The number of alkyl carbamates (subject to hydrolysis) is 1. The molecule has 28 heavy (non-hydrogen) atoms. The first-order chi connectivity index (χ1) is 13.2. The molecule has 6 nitrogen and oxygen atoms in total. The Balaban J connectivity index is 1.57. The Labute approximate surface area is 166 Å². The highest BCUT2D eigenvalue weighted by Gasteiger charge is 2.35. The fourth-order valence-electron chi connectivity index (χ4n) is 3.74. The highest BCUT2D eigenvalue weighted by molar-refractivity contribution is 5.92. The molecule has 1 heterocycles. The van der Waals surface area contributed by atoms with Crippen LogP contribution in [0.4, 0.5) is 4.79 Å². The van der Waals surface area contributed by atoms with Gasteiger partial charge in [0.1, 0.15) is 11.4 Å². The summed E-state index contributed by atoms with van der Waals surface area (Å²) in [4.78, 5) is 24.5. The summed E-state index contributed by atoms with van der Waals surface area (Å²) >= 11 is 0. The predicted molar refractivity (Wildman–Crippen MR) is 108 cm³/mol. The minimum atomic E-state index is -0.542. The summed E-state index contributed by atoms with van der Waals surface area (Å²) in [5.74, 6) is 0.782. The monoisotopic (exact) mass is 386 g/mol. The second kappa shape index (κ2) is 8.25. The Bertz CT molecular complexity index is 758. The van der Waals surface area contributed by atoms with Crippen LogP contribution in [-0.2, 0) is 16.0 Å². The van der Waals surface area contributed by atoms with Gasteiger partial charge >= 0.3 is 6.09 Å². The van der Waals surface area contributed by atoms with E-state index in [1.54, 1.807) is 6.08 Å². The molecule has 1 fully saturated rings. The number of carbonyl (C=O) groups is 2. The molecule has 0 atom stereocenters. The molecule has 2 N–H and O–H groups in total. The molecule has 0 bridgehead atoms. The first kappa shape index (κ1) is 20.2. The number of hydrogen-bond donors (Lipinski definition) is 2. The van der Waals surface area contributed by atoms with Gasteiger partial charge in [-0.3, -0.25) is 4.79 Å². The van der Waals surface area contributed by atoms with Crippen LogP contribution in [-0.4, -0.2) is 36.3 Å². The number of fused-ring (bicyclic) bond motifs is 1. The second-order valence-electron chi connectivity index (χ2n) is 8.63. The lowest BCUT2D eigenvalue weighted by atomic mass is 9.97. The van der Waals surface area contributed by atoms with Crippen LogP contribution in [0.2, 0.25) is 0 Å². The Kier molecular flexibility index (Phi) is 5.96. The maximum atomic E-state index is 12.5. The van der Waals surface area contributed by atoms with Crippen LogP contribution >= 0.6 is 0 Å². The van der Waals surface area contributed by atoms with Crippen molar-refractivity contribution in [3.63, 3.8) is 0 Å². The van der Waals surface area contributed by atoms with Gasteiger partial charge in [-0.05, 0) is 62.9 Å². The average molecular weight is 386 g/mol. The standard InChI is InChI=1S/C22H30N2O4/c1-21(2,3)28-20(26)23-15-22(11-4-5-12-22)24-19(25)9-7-16-6-8-18-17(14-16)10-13-27-18/h6-9,14H,4-5,10-13,15H2,1-3H3,(H,23,26)(H,24,25). The van der Waals surface area contributed by atoms with Crippen molar-refractivity contribution in [2.24, 2.45) is 0 Å². The van der Waals surface area contributed by atoms with E-state index in [-0.39, 0.29) is 5.91 Å². The number of amides is 2. The number of ether oxygens (including phenoxy) is 2. The molecule has 0 radical (unpaired) electrons. The Morgan fingerprint density at radius 2 is 2.00 bits per heavy atom. The molecule has 0 spiro atoms. The maximum Gasteiger partial charge on any atom is 0.407 e. The number of carbonyl (C=O) groups excluding carboxylic acids is 2. The summed E-state index contributed by atoms with van der Waals surface area (Å²) in [6.07, 6.45) is 7.59. The minimum Gasteiger partial charge on any atom is -0.493 e. The highest BCUT2D eigenvalue weighted by Crippen LogP contribution is 2.29. The number of nitrogens with one attached hydrogen (secondary N) is 2. The summed E-state index contributed by atoms with van der Waals surface area (Å²) in [6, 6.07) is 5.95. The van der Waals surface area contributed by atoms with Crippen molar-refractivity contribution in [1.29, 1.82) is 0 Å². The summed E-state index contributed by atoms with van der Waals surface area (Å²) < 4.78 is 10.8. The van der Waals surface area contributed by atoms with E-state index >= 15 is 0 Å². The van der Waals surface area contributed by atoms with Crippen LogP contribution in [0, 0.1) is 0 Å². The average Bonchev–Trinajstić information content (AvgIpc) is 3.26. The van der Waals surface area contributed by atoms with Crippen LogP contribution in [0.3, 0.4) is 0 Å². The highest BCUT2D eigenvalue weighted by atomic mass is 16.6. The molecule has 1 aliphatic carbocycles. The Hall–Kier alpha value is -2.50. The SMILES string of the molecule is CC(C)(C)OC(=O)NCC1(NC(=O)C=Cc2ccc3c(c2)CCO3)CCCC1. The van der Waals surface area contributed by atoms with Gasteiger partial charge in [0, 0.05) is 19.0 Å². The smallest absolute Gasteiger partial charge is 0.407 e. The molecule has 152 valence electrons. The lowest BCUT2D eigenvalue weighted by Crippen LogP contribution is -2.54. The molecule has 2 amide bonds. The number of benzene rings is 1. The van der Waals surface area contributed by atoms with Crippen LogP contribution in [0.1, 0.15) is 57.6 Å². The second-order valence-corrected chi connectivity index (χ2v) is 8.63. The molecule has 0 aromatic heterocycles. The van der Waals surface area contributed by atoms with E-state index in [2.05, 4.69) is 16.7 Å². The summed E-state index contributed by atoms with van der Waals surface area (Å²) in [5, 5.41) is 5.93. The summed E-state index contributed by atoms with van der Waals surface area (Å²) in [5.41, 5.74) is 1.20. The summed E-state index contributed by atoms with van der Waals surface area (Å²) in [7, 11) is 0. The molecular weight excluding hydrogens is 356 g/mol. The van der Waals surface area contributed by atoms with Crippen molar-refractivity contribution in [1.82, 2.24) is 10.6 Å². The van der Waals surface area contributed by atoms with E-state index in [0.29, 0.717) is 6.54 Å². The molecule has 1 saturated carbocycles. The maximum absolute atomic E-state index is 12.5. The largest absolute Gasteiger partial charge is 0.493 e. The van der Waals surface area contributed by atoms with Gasteiger partial charge in [-0.25, -0.2) is 4.79 Å². The van der Waals surface area contributed by atoms with Crippen molar-refractivity contribution in [3.8, 4) is 5.75 Å². The van der Waals surface area contributed by atoms with Crippen LogP contribution < -0.4 is 15.4 Å². The van der Waals surface area contributed by atoms with E-state index in [9.17, 15) is 9.59 Å². The van der Waals surface area contributed by atoms with E-state index in [4.69, 9.17) is 9.47 Å². The van der Waals surface area contributed by atoms with E-state index in [0.717, 1.165) is 50.0 Å². The van der Waals surface area contributed by atoms with Crippen LogP contribution in [0.15, 0.2) is 24.3 Å². The summed E-state index contributed by atoms with van der Waals surface area (Å²) in [6.45, 7) is 6.58. The quantitative estimate of drug-likeness (QED) is 0.758. The normalized spacial score (nSPS) is 17.8. The number of rotatable bonds is 5. The van der Waals surface area contributed by atoms with Crippen molar-refractivity contribution < 1.29 is 19.1 Å². The van der Waals surface area contributed by atoms with Crippen LogP contribution in [0.5, 0.6) is 5.75 Å². The zero-order valence-corrected chi connectivity index (χ0v) is 17.0. The third kappa shape index (κ3) is 5.50. The van der Waals surface area contributed by atoms with Gasteiger partial charge < -0.3 is 20.1 Å². The van der Waals surface area contributed by atoms with Crippen molar-refractivity contribution >= 4 is 18.1 Å². The van der Waals surface area contributed by atoms with Gasteiger partial charge in [0.2, 0.25) is 5.91 Å². The van der Waals surface area contributed by atoms with Crippen molar-refractivity contribution in [2.45, 2.75) is 64.0 Å². The van der Waals surface area contributed by atoms with E-state index < -0.39 is 17.2 Å². The molecule has 0 unspecified atom stereocenters. The fraction of sp³-hybridized carbons (Fsp3) is 0.545. The molecule has 6 heteroatoms. The minimum absolute atomic E-state index is 0.148. The zero-order valence-electron chi connectivity index (χ0n) is 17.0. The molecule has 1 aromatic rings. The van der Waals surface area contributed by atoms with Gasteiger partial charge in [-0.2, -0.15) is 0 Å². The lowest BCUT2D eigenvalue weighted by Gasteiger charge is -2.30. The van der Waals surface area contributed by atoms with Crippen LogP contribution in [0.25, 0.3) is 6.08 Å². The molecule has 1 aliphatic heterocycles. The van der Waals surface area contributed by atoms with E-state index in [1.165, 1.54) is 5.56 Å². The molecular formula is C22H30N2O4. The predicted octanol–water partition coefficient (Wildman–Crippen LogP) is 3.59. The third-order valence-corrected chi connectivity index (χ3v) is 5.06. The first-order valence-electron chi connectivity index (χ1n) is 9.98. The topological polar surface area (TPSA) is 76.7 Å². The molecule has 3 rings (SSSR count). The Morgan fingerprint density at radius 3 is 2.71 bits per heavy atom.